The summed E-state index contributed by atoms with van der Waals surface area (Å²) in [5, 5.41) is 15.2. The number of rotatable bonds is 15. The van der Waals surface area contributed by atoms with Crippen molar-refractivity contribution < 1.29 is 14.3 Å². The Hall–Kier alpha value is -3.31. The fourth-order valence-electron chi connectivity index (χ4n) is 6.17. The van der Waals surface area contributed by atoms with Crippen LogP contribution < -0.4 is 10.6 Å². The van der Waals surface area contributed by atoms with Gasteiger partial charge in [-0.1, -0.05) is 26.6 Å². The number of nitrogens with one attached hydrogen (secondary N) is 2. The van der Waals surface area contributed by atoms with Crippen molar-refractivity contribution >= 4 is 25.7 Å². The number of nitrogens with zero attached hydrogens (tertiary/aromatic N) is 5. The number of aryl methyl sites for hydroxylation is 1. The lowest BCUT2D eigenvalue weighted by Crippen LogP contribution is -2.50. The lowest BCUT2D eigenvalue weighted by atomic mass is 9.88. The molecule has 2 N–H and O–H groups in total. The van der Waals surface area contributed by atoms with Gasteiger partial charge in [0.1, 0.15) is 24.3 Å². The van der Waals surface area contributed by atoms with E-state index in [1.165, 1.54) is 0 Å². The fraction of sp³-hybridized carbons (Fsp3) is 0.606. The average Bonchev–Trinajstić information content (AvgIpc) is 3.90. The van der Waals surface area contributed by atoms with Crippen molar-refractivity contribution in [2.24, 2.45) is 17.8 Å². The van der Waals surface area contributed by atoms with Crippen LogP contribution in [0.1, 0.15) is 74.4 Å². The van der Waals surface area contributed by atoms with E-state index in [-0.39, 0.29) is 23.8 Å². The molecule has 2 saturated carbocycles. The minimum absolute atomic E-state index is 0.0369. The molecule has 1 unspecified atom stereocenters. The summed E-state index contributed by atoms with van der Waals surface area (Å²) in [6.07, 6.45) is 8.66. The van der Waals surface area contributed by atoms with Crippen molar-refractivity contribution in [3.05, 3.63) is 47.7 Å². The molecule has 3 aromatic heterocycles. The Bertz CT molecular complexity index is 1440. The summed E-state index contributed by atoms with van der Waals surface area (Å²) in [4.78, 5) is 31.9. The molecule has 3 aromatic rings. The van der Waals surface area contributed by atoms with Gasteiger partial charge in [-0.3, -0.25) is 14.3 Å². The first-order chi connectivity index (χ1) is 21.0. The summed E-state index contributed by atoms with van der Waals surface area (Å²) >= 11 is 0. The van der Waals surface area contributed by atoms with Crippen molar-refractivity contribution in [3.63, 3.8) is 0 Å². The Morgan fingerprint density at radius 2 is 1.80 bits per heavy atom. The van der Waals surface area contributed by atoms with Crippen LogP contribution >= 0.6 is 0 Å². The third-order valence-electron chi connectivity index (χ3n) is 8.76. The summed E-state index contributed by atoms with van der Waals surface area (Å²) in [5.41, 5.74) is 4.51. The van der Waals surface area contributed by atoms with Gasteiger partial charge in [-0.05, 0) is 94.9 Å². The maximum atomic E-state index is 13.8. The number of carbonyl (C=O) groups is 2. The van der Waals surface area contributed by atoms with Gasteiger partial charge in [0, 0.05) is 49.9 Å². The maximum absolute atomic E-state index is 13.8. The molecular formula is C33H49N7O3Si. The summed E-state index contributed by atoms with van der Waals surface area (Å²) < 4.78 is 9.65. The van der Waals surface area contributed by atoms with E-state index in [0.29, 0.717) is 30.1 Å². The lowest BCUT2D eigenvalue weighted by Gasteiger charge is -2.27. The standard InChI is InChI=1S/C33H49N7O3Si/c1-8-26-29(22(4)38-39(26)20-43-17-18-44(5,6)7)25-13-14-28(34-19-25)36-33(42)31(30(23-9-10-23)24-11-12-24)37-32(41)27-15-16-35-40(27)21(2)3/h13-16,19,21,23-24,30-31H,8-12,17-18,20H2,1-7H3,(H,37,41)(H,34,36,42). The molecule has 3 heterocycles. The molecule has 1 atom stereocenters. The van der Waals surface area contributed by atoms with E-state index in [2.05, 4.69) is 47.3 Å². The van der Waals surface area contributed by atoms with Crippen LogP contribution in [0.25, 0.3) is 11.1 Å². The molecular weight excluding hydrogens is 570 g/mol. The predicted octanol–water partition coefficient (Wildman–Crippen LogP) is 6.08. The van der Waals surface area contributed by atoms with Gasteiger partial charge < -0.3 is 15.4 Å². The first kappa shape index (κ1) is 32.1. The topological polar surface area (TPSA) is 116 Å². The highest BCUT2D eigenvalue weighted by atomic mass is 28.3. The van der Waals surface area contributed by atoms with Crippen molar-refractivity contribution in [1.29, 1.82) is 0 Å². The smallest absolute Gasteiger partial charge is 0.270 e. The summed E-state index contributed by atoms with van der Waals surface area (Å²) in [7, 11) is -1.16. The van der Waals surface area contributed by atoms with Gasteiger partial charge in [-0.15, -0.1) is 0 Å². The zero-order valence-electron chi connectivity index (χ0n) is 27.4. The number of carbonyl (C=O) groups excluding carboxylic acids is 2. The van der Waals surface area contributed by atoms with Gasteiger partial charge in [-0.25, -0.2) is 9.67 Å². The first-order valence-electron chi connectivity index (χ1n) is 16.2. The van der Waals surface area contributed by atoms with Gasteiger partial charge >= 0.3 is 0 Å². The van der Waals surface area contributed by atoms with E-state index in [1.807, 2.05) is 37.6 Å². The molecule has 44 heavy (non-hydrogen) atoms. The van der Waals surface area contributed by atoms with Crippen molar-refractivity contribution in [1.82, 2.24) is 29.9 Å². The molecule has 2 aliphatic carbocycles. The summed E-state index contributed by atoms with van der Waals surface area (Å²) in [5.74, 6) is 1.04. The zero-order valence-corrected chi connectivity index (χ0v) is 28.4. The second-order valence-corrected chi connectivity index (χ2v) is 19.6. The van der Waals surface area contributed by atoms with Crippen molar-refractivity contribution in [2.45, 2.75) is 104 Å². The summed E-state index contributed by atoms with van der Waals surface area (Å²) in [6, 6.07) is 6.05. The van der Waals surface area contributed by atoms with Gasteiger partial charge in [0.05, 0.1) is 5.69 Å². The molecule has 0 spiro atoms. The fourth-order valence-corrected chi connectivity index (χ4v) is 6.93. The Kier molecular flexibility index (Phi) is 9.74. The third-order valence-corrected chi connectivity index (χ3v) is 10.5. The number of pyridine rings is 1. The van der Waals surface area contributed by atoms with E-state index in [0.717, 1.165) is 67.3 Å². The van der Waals surface area contributed by atoms with Crippen LogP contribution in [0.15, 0.2) is 30.6 Å². The van der Waals surface area contributed by atoms with Crippen LogP contribution in [0.2, 0.25) is 25.7 Å². The zero-order chi connectivity index (χ0) is 31.6. The van der Waals surface area contributed by atoms with E-state index >= 15 is 0 Å². The highest BCUT2D eigenvalue weighted by molar-refractivity contribution is 6.76. The second-order valence-electron chi connectivity index (χ2n) is 14.0. The maximum Gasteiger partial charge on any atom is 0.270 e. The molecule has 5 rings (SSSR count). The number of ether oxygens (including phenoxy) is 1. The molecule has 2 amide bonds. The quantitative estimate of drug-likeness (QED) is 0.157. The average molecular weight is 620 g/mol. The molecule has 2 aliphatic rings. The normalized spacial score (nSPS) is 16.0. The van der Waals surface area contributed by atoms with Crippen LogP contribution in [0.4, 0.5) is 5.82 Å². The predicted molar refractivity (Wildman–Crippen MR) is 175 cm³/mol. The molecule has 11 heteroatoms. The number of aromatic nitrogens is 5. The summed E-state index contributed by atoms with van der Waals surface area (Å²) in [6.45, 7) is 16.3. The number of hydrogen-bond acceptors (Lipinski definition) is 6. The number of anilines is 1. The van der Waals surface area contributed by atoms with Gasteiger partial charge in [0.15, 0.2) is 0 Å². The second kappa shape index (κ2) is 13.4. The molecule has 2 fully saturated rings. The molecule has 238 valence electrons. The molecule has 0 radical (unpaired) electrons. The minimum atomic E-state index is -1.16. The van der Waals surface area contributed by atoms with Crippen molar-refractivity contribution in [2.75, 3.05) is 11.9 Å². The Labute approximate surface area is 262 Å². The molecule has 10 nitrogen and oxygen atoms in total. The first-order valence-corrected chi connectivity index (χ1v) is 19.9. The minimum Gasteiger partial charge on any atom is -0.360 e. The lowest BCUT2D eigenvalue weighted by molar-refractivity contribution is -0.119. The molecule has 0 aromatic carbocycles. The van der Waals surface area contributed by atoms with Crippen LogP contribution in [-0.4, -0.2) is 57.1 Å². The molecule has 0 saturated heterocycles. The third kappa shape index (κ3) is 7.66. The van der Waals surface area contributed by atoms with Gasteiger partial charge in [-0.2, -0.15) is 10.2 Å². The van der Waals surface area contributed by atoms with E-state index < -0.39 is 14.1 Å². The Morgan fingerprint density at radius 3 is 2.36 bits per heavy atom. The number of amides is 2. The monoisotopic (exact) mass is 619 g/mol. The van der Waals surface area contributed by atoms with Gasteiger partial charge in [0.25, 0.3) is 5.91 Å². The van der Waals surface area contributed by atoms with Crippen LogP contribution in [0, 0.1) is 24.7 Å². The van der Waals surface area contributed by atoms with Crippen LogP contribution in [-0.2, 0) is 22.7 Å². The van der Waals surface area contributed by atoms with E-state index in [9.17, 15) is 9.59 Å². The van der Waals surface area contributed by atoms with Gasteiger partial charge in [0.2, 0.25) is 5.91 Å². The highest BCUT2D eigenvalue weighted by Gasteiger charge is 2.48. The largest absolute Gasteiger partial charge is 0.360 e. The Balaban J connectivity index is 1.30. The van der Waals surface area contributed by atoms with E-state index in [4.69, 9.17) is 9.84 Å². The SMILES string of the molecule is CCc1c(-c2ccc(NC(=O)C(NC(=O)c3ccnn3C(C)C)C(C3CC3)C3CC3)nc2)c(C)nn1COCC[Si](C)(C)C. The van der Waals surface area contributed by atoms with Crippen LogP contribution in [0.3, 0.4) is 0 Å². The Morgan fingerprint density at radius 1 is 1.09 bits per heavy atom. The highest BCUT2D eigenvalue weighted by Crippen LogP contribution is 2.51. The number of hydrogen-bond donors (Lipinski definition) is 2. The molecule has 0 aliphatic heterocycles. The van der Waals surface area contributed by atoms with Crippen LogP contribution in [0.5, 0.6) is 0 Å². The molecule has 0 bridgehead atoms. The van der Waals surface area contributed by atoms with E-state index in [1.54, 1.807) is 23.1 Å². The van der Waals surface area contributed by atoms with Crippen molar-refractivity contribution in [3.8, 4) is 11.1 Å².